The van der Waals surface area contributed by atoms with Gasteiger partial charge in [0, 0.05) is 22.3 Å². The first kappa shape index (κ1) is 13.2. The normalized spacial score (nSPS) is 25.8. The second-order valence-corrected chi connectivity index (χ2v) is 6.62. The minimum absolute atomic E-state index is 0.139. The summed E-state index contributed by atoms with van der Waals surface area (Å²) in [5, 5.41) is 0.204. The van der Waals surface area contributed by atoms with Crippen LogP contribution >= 0.6 is 11.6 Å². The average molecular weight is 304 g/mol. The van der Waals surface area contributed by atoms with Crippen LogP contribution in [0.3, 0.4) is 0 Å². The molecule has 4 rings (SSSR count). The number of nitrogens with one attached hydrogen (secondary N) is 1. The minimum Gasteiger partial charge on any atom is -0.465 e. The molecule has 3 aliphatic carbocycles. The van der Waals surface area contributed by atoms with Crippen molar-refractivity contribution in [1.82, 2.24) is 4.98 Å². The summed E-state index contributed by atoms with van der Waals surface area (Å²) in [4.78, 5) is 15.9. The van der Waals surface area contributed by atoms with E-state index in [1.165, 1.54) is 22.4 Å². The molecule has 0 fully saturated rings. The number of allylic oxidation sites excluding steroid dienone is 3. The number of H-pyrrole nitrogens is 1. The molecule has 21 heavy (non-hydrogen) atoms. The van der Waals surface area contributed by atoms with Gasteiger partial charge in [0.25, 0.3) is 0 Å². The summed E-state index contributed by atoms with van der Waals surface area (Å²) in [7, 11) is 0. The number of carbonyl (C=O) groups excluding carboxylic acids is 1. The third-order valence-corrected chi connectivity index (χ3v) is 5.12. The molecule has 1 aromatic rings. The summed E-state index contributed by atoms with van der Waals surface area (Å²) in [6.07, 6.45) is 7.97. The Labute approximate surface area is 129 Å². The van der Waals surface area contributed by atoms with Crippen LogP contribution in [0.15, 0.2) is 17.7 Å². The van der Waals surface area contributed by atoms with Gasteiger partial charge in [0.1, 0.15) is 5.92 Å². The monoisotopic (exact) mass is 303 g/mol. The fraction of sp³-hybridized carbons (Fsp3) is 0.471. The molecule has 0 saturated carbocycles. The number of aryl methyl sites for hydroxylation is 1. The maximum absolute atomic E-state index is 12.4. The van der Waals surface area contributed by atoms with Crippen molar-refractivity contribution < 1.29 is 9.53 Å². The van der Waals surface area contributed by atoms with Crippen LogP contribution in [-0.4, -0.2) is 22.9 Å². The summed E-state index contributed by atoms with van der Waals surface area (Å²) in [5.74, 6) is -0.401. The number of halogens is 1. The van der Waals surface area contributed by atoms with E-state index in [-0.39, 0.29) is 17.3 Å². The average Bonchev–Trinajstić information content (AvgIpc) is 3.02. The highest BCUT2D eigenvalue weighted by molar-refractivity contribution is 6.20. The summed E-state index contributed by atoms with van der Waals surface area (Å²) < 4.78 is 5.29. The molecule has 1 N–H and O–H groups in total. The Bertz CT molecular complexity index is 683. The van der Waals surface area contributed by atoms with Gasteiger partial charge in [0.05, 0.1) is 6.61 Å². The van der Waals surface area contributed by atoms with E-state index in [0.29, 0.717) is 6.61 Å². The highest BCUT2D eigenvalue weighted by Gasteiger charge is 2.40. The van der Waals surface area contributed by atoms with Crippen molar-refractivity contribution >= 4 is 23.1 Å². The van der Waals surface area contributed by atoms with Gasteiger partial charge in [-0.2, -0.15) is 0 Å². The summed E-state index contributed by atoms with van der Waals surface area (Å²) in [6.45, 7) is 2.27. The zero-order valence-corrected chi connectivity index (χ0v) is 12.8. The van der Waals surface area contributed by atoms with Gasteiger partial charge in [-0.3, -0.25) is 4.79 Å². The minimum atomic E-state index is -0.262. The molecule has 1 aromatic heterocycles. The number of ether oxygens (including phenoxy) is 1. The number of rotatable bonds is 2. The smallest absolute Gasteiger partial charge is 0.319 e. The molecule has 4 heteroatoms. The Kier molecular flexibility index (Phi) is 3.00. The van der Waals surface area contributed by atoms with Crippen molar-refractivity contribution in [2.24, 2.45) is 0 Å². The first-order valence-electron chi connectivity index (χ1n) is 7.63. The fourth-order valence-corrected chi connectivity index (χ4v) is 4.12. The van der Waals surface area contributed by atoms with Gasteiger partial charge >= 0.3 is 5.97 Å². The zero-order valence-electron chi connectivity index (χ0n) is 12.0. The van der Waals surface area contributed by atoms with Gasteiger partial charge in [-0.15, -0.1) is 11.6 Å². The molecule has 0 radical (unpaired) electrons. The van der Waals surface area contributed by atoms with E-state index in [2.05, 4.69) is 17.1 Å². The third kappa shape index (κ3) is 1.90. The number of hydrogen-bond acceptors (Lipinski definition) is 2. The van der Waals surface area contributed by atoms with E-state index in [1.54, 1.807) is 0 Å². The van der Waals surface area contributed by atoms with E-state index in [1.807, 2.05) is 6.92 Å². The van der Waals surface area contributed by atoms with Crippen molar-refractivity contribution in [3.8, 4) is 0 Å². The number of esters is 1. The van der Waals surface area contributed by atoms with Crippen LogP contribution in [-0.2, 0) is 22.4 Å². The van der Waals surface area contributed by atoms with Gasteiger partial charge in [-0.05, 0) is 49.3 Å². The number of alkyl halides is 1. The molecule has 0 saturated heterocycles. The SMILES string of the molecule is CCOC(=O)C1C2=CC=C(C2)c2c1[nH]c1c2CC(Cl)CC1. The predicted molar refractivity (Wildman–Crippen MR) is 82.5 cm³/mol. The van der Waals surface area contributed by atoms with Gasteiger partial charge in [0.15, 0.2) is 0 Å². The Hall–Kier alpha value is -1.48. The van der Waals surface area contributed by atoms with Crippen LogP contribution in [0.2, 0.25) is 0 Å². The molecule has 0 aromatic carbocycles. The molecule has 3 nitrogen and oxygen atoms in total. The lowest BCUT2D eigenvalue weighted by Crippen LogP contribution is -2.21. The summed E-state index contributed by atoms with van der Waals surface area (Å²) in [5.41, 5.74) is 7.34. The van der Waals surface area contributed by atoms with Crippen molar-refractivity contribution in [1.29, 1.82) is 0 Å². The van der Waals surface area contributed by atoms with E-state index in [4.69, 9.17) is 16.3 Å². The van der Waals surface area contributed by atoms with Crippen LogP contribution in [0.5, 0.6) is 0 Å². The van der Waals surface area contributed by atoms with Gasteiger partial charge in [-0.25, -0.2) is 0 Å². The Morgan fingerprint density at radius 3 is 3.14 bits per heavy atom. The number of hydrogen-bond donors (Lipinski definition) is 1. The van der Waals surface area contributed by atoms with Gasteiger partial charge in [0.2, 0.25) is 0 Å². The zero-order chi connectivity index (χ0) is 14.6. The molecule has 2 atom stereocenters. The third-order valence-electron chi connectivity index (χ3n) is 4.75. The van der Waals surface area contributed by atoms with Crippen molar-refractivity contribution in [3.63, 3.8) is 0 Å². The second kappa shape index (κ2) is 4.77. The lowest BCUT2D eigenvalue weighted by Gasteiger charge is -2.24. The van der Waals surface area contributed by atoms with Crippen molar-refractivity contribution in [2.45, 2.75) is 43.9 Å². The summed E-state index contributed by atoms with van der Waals surface area (Å²) in [6, 6.07) is 0. The lowest BCUT2D eigenvalue weighted by molar-refractivity contribution is -0.144. The van der Waals surface area contributed by atoms with E-state index < -0.39 is 0 Å². The standard InChI is InChI=1S/C17H18ClNO2/c1-2-21-17(20)15-10-4-3-9(7-10)14-12-8-11(18)5-6-13(12)19-16(14)15/h3-4,11,15,19H,2,5-8H2,1H3. The maximum atomic E-state index is 12.4. The van der Waals surface area contributed by atoms with Crippen LogP contribution in [0.1, 0.15) is 48.2 Å². The van der Waals surface area contributed by atoms with Gasteiger partial charge in [-0.1, -0.05) is 12.2 Å². The Morgan fingerprint density at radius 2 is 2.33 bits per heavy atom. The maximum Gasteiger partial charge on any atom is 0.319 e. The molecular formula is C17H18ClNO2. The Morgan fingerprint density at radius 1 is 1.48 bits per heavy atom. The molecule has 2 unspecified atom stereocenters. The van der Waals surface area contributed by atoms with Crippen LogP contribution < -0.4 is 0 Å². The molecule has 0 spiro atoms. The highest BCUT2D eigenvalue weighted by atomic mass is 35.5. The molecule has 2 bridgehead atoms. The van der Waals surface area contributed by atoms with Crippen LogP contribution in [0.25, 0.3) is 5.57 Å². The summed E-state index contributed by atoms with van der Waals surface area (Å²) >= 11 is 6.36. The predicted octanol–water partition coefficient (Wildman–Crippen LogP) is 3.48. The number of aromatic amines is 1. The first-order chi connectivity index (χ1) is 10.2. The number of fused-ring (bicyclic) bond motifs is 6. The molecule has 3 aliphatic rings. The Balaban J connectivity index is 1.84. The molecule has 0 amide bonds. The molecular weight excluding hydrogens is 286 g/mol. The fourth-order valence-electron chi connectivity index (χ4n) is 3.86. The highest BCUT2D eigenvalue weighted by Crippen LogP contribution is 2.49. The van der Waals surface area contributed by atoms with E-state index in [0.717, 1.165) is 37.0 Å². The molecule has 110 valence electrons. The lowest BCUT2D eigenvalue weighted by atomic mass is 9.80. The quantitative estimate of drug-likeness (QED) is 0.671. The van der Waals surface area contributed by atoms with Crippen LogP contribution in [0, 0.1) is 0 Å². The molecule has 1 heterocycles. The van der Waals surface area contributed by atoms with E-state index in [9.17, 15) is 4.79 Å². The second-order valence-electron chi connectivity index (χ2n) is 6.01. The number of carbonyl (C=O) groups is 1. The largest absolute Gasteiger partial charge is 0.465 e. The molecule has 0 aliphatic heterocycles. The topological polar surface area (TPSA) is 42.1 Å². The van der Waals surface area contributed by atoms with Crippen LogP contribution in [0.4, 0.5) is 0 Å². The van der Waals surface area contributed by atoms with Crippen molar-refractivity contribution in [2.75, 3.05) is 6.61 Å². The number of aromatic nitrogens is 1. The van der Waals surface area contributed by atoms with E-state index >= 15 is 0 Å². The van der Waals surface area contributed by atoms with Gasteiger partial charge < -0.3 is 9.72 Å². The van der Waals surface area contributed by atoms with Crippen molar-refractivity contribution in [3.05, 3.63) is 40.2 Å². The first-order valence-corrected chi connectivity index (χ1v) is 8.07.